The van der Waals surface area contributed by atoms with Gasteiger partial charge in [-0.25, -0.2) is 9.78 Å². The average Bonchev–Trinajstić information content (AvgIpc) is 3.05. The number of aromatic amines is 1. The predicted octanol–water partition coefficient (Wildman–Crippen LogP) is 1.74. The van der Waals surface area contributed by atoms with Gasteiger partial charge in [-0.3, -0.25) is 9.25 Å². The van der Waals surface area contributed by atoms with Crippen molar-refractivity contribution in [1.29, 1.82) is 0 Å². The minimum atomic E-state index is -0.323. The van der Waals surface area contributed by atoms with Crippen molar-refractivity contribution in [2.24, 2.45) is 7.05 Å². The van der Waals surface area contributed by atoms with E-state index in [-0.39, 0.29) is 5.69 Å². The van der Waals surface area contributed by atoms with Crippen LogP contribution in [0.1, 0.15) is 5.69 Å². The van der Waals surface area contributed by atoms with Crippen LogP contribution >= 0.6 is 11.8 Å². The van der Waals surface area contributed by atoms with Crippen molar-refractivity contribution in [3.63, 3.8) is 0 Å². The molecule has 0 aromatic carbocycles. The summed E-state index contributed by atoms with van der Waals surface area (Å²) in [6.45, 7) is 5.98. The molecule has 0 amide bonds. The first-order chi connectivity index (χ1) is 10.5. The van der Waals surface area contributed by atoms with Gasteiger partial charge in [0.05, 0.1) is 5.69 Å². The van der Waals surface area contributed by atoms with E-state index in [0.717, 1.165) is 16.9 Å². The molecule has 3 aromatic heterocycles. The highest BCUT2D eigenvalue weighted by Gasteiger charge is 2.17. The number of nitrogens with zero attached hydrogens (tertiary/aromatic N) is 5. The summed E-state index contributed by atoms with van der Waals surface area (Å²) in [6.07, 6.45) is 3.54. The number of hydrogen-bond acceptors (Lipinski definition) is 5. The lowest BCUT2D eigenvalue weighted by molar-refractivity contribution is 0.753. The third kappa shape index (κ3) is 2.25. The van der Waals surface area contributed by atoms with Gasteiger partial charge >= 0.3 is 5.69 Å². The van der Waals surface area contributed by atoms with Crippen LogP contribution in [0.15, 0.2) is 28.5 Å². The van der Waals surface area contributed by atoms with Crippen molar-refractivity contribution in [3.05, 3.63) is 34.9 Å². The summed E-state index contributed by atoms with van der Waals surface area (Å²) in [5.41, 5.74) is 2.78. The van der Waals surface area contributed by atoms with Crippen LogP contribution in [0, 0.1) is 6.92 Å². The molecule has 0 fully saturated rings. The van der Waals surface area contributed by atoms with E-state index in [9.17, 15) is 4.79 Å². The minimum Gasteiger partial charge on any atom is -0.333 e. The highest BCUT2D eigenvalue weighted by atomic mass is 32.2. The Morgan fingerprint density at radius 2 is 2.23 bits per heavy atom. The van der Waals surface area contributed by atoms with Crippen LogP contribution in [-0.2, 0) is 13.6 Å². The summed E-state index contributed by atoms with van der Waals surface area (Å²) in [4.78, 5) is 24.1. The van der Waals surface area contributed by atoms with Crippen LogP contribution in [0.3, 0.4) is 0 Å². The summed E-state index contributed by atoms with van der Waals surface area (Å²) in [5.74, 6) is 0.665. The van der Waals surface area contributed by atoms with Gasteiger partial charge < -0.3 is 4.98 Å². The van der Waals surface area contributed by atoms with Crippen molar-refractivity contribution in [2.45, 2.75) is 18.5 Å². The molecular formula is C14H16N6OS. The van der Waals surface area contributed by atoms with Gasteiger partial charge in [0.25, 0.3) is 0 Å². The Balaban J connectivity index is 2.32. The number of fused-ring (bicyclic) bond motifs is 1. The lowest BCUT2D eigenvalue weighted by atomic mass is 10.3. The molecule has 1 N–H and O–H groups in total. The number of rotatable bonds is 4. The van der Waals surface area contributed by atoms with Crippen molar-refractivity contribution in [3.8, 4) is 11.5 Å². The number of aryl methyl sites for hydroxylation is 2. The Morgan fingerprint density at radius 3 is 2.82 bits per heavy atom. The van der Waals surface area contributed by atoms with E-state index < -0.39 is 0 Å². The second-order valence-electron chi connectivity index (χ2n) is 4.88. The molecule has 0 aliphatic carbocycles. The van der Waals surface area contributed by atoms with Crippen molar-refractivity contribution >= 4 is 22.9 Å². The monoisotopic (exact) mass is 316 g/mol. The van der Waals surface area contributed by atoms with Crippen molar-refractivity contribution in [1.82, 2.24) is 29.3 Å². The van der Waals surface area contributed by atoms with Crippen LogP contribution in [0.4, 0.5) is 0 Å². The zero-order valence-corrected chi connectivity index (χ0v) is 13.4. The molecule has 0 saturated carbocycles. The van der Waals surface area contributed by atoms with Gasteiger partial charge in [-0.2, -0.15) is 10.1 Å². The Labute approximate surface area is 131 Å². The summed E-state index contributed by atoms with van der Waals surface area (Å²) in [5, 5.41) is 4.96. The Bertz CT molecular complexity index is 919. The number of nitrogens with one attached hydrogen (secondary N) is 1. The standard InChI is InChI=1S/C14H16N6OS/c1-5-6-20-12-10(13(22-4)17-14(20)21)15-11(16-12)9-7-8(2)18-19(9)3/h5,7H,1,6H2,2-4H3,(H,15,16). The molecule has 0 aliphatic heterocycles. The third-order valence-corrected chi connectivity index (χ3v) is 4.01. The molecule has 0 unspecified atom stereocenters. The largest absolute Gasteiger partial charge is 0.350 e. The zero-order chi connectivity index (χ0) is 15.9. The molecule has 3 heterocycles. The van der Waals surface area contributed by atoms with Crippen LogP contribution in [0.25, 0.3) is 22.7 Å². The summed E-state index contributed by atoms with van der Waals surface area (Å²) in [6, 6.07) is 1.94. The fraction of sp³-hybridized carbons (Fsp3) is 0.286. The molecule has 0 bridgehead atoms. The second-order valence-corrected chi connectivity index (χ2v) is 5.68. The van der Waals surface area contributed by atoms with E-state index in [2.05, 4.69) is 26.6 Å². The van der Waals surface area contributed by atoms with Crippen molar-refractivity contribution in [2.75, 3.05) is 6.26 Å². The third-order valence-electron chi connectivity index (χ3n) is 3.33. The molecule has 3 aromatic rings. The molecular weight excluding hydrogens is 300 g/mol. The molecule has 3 rings (SSSR count). The molecule has 0 aliphatic rings. The van der Waals surface area contributed by atoms with Gasteiger partial charge in [-0.15, -0.1) is 18.3 Å². The first-order valence-electron chi connectivity index (χ1n) is 6.71. The quantitative estimate of drug-likeness (QED) is 0.450. The number of hydrogen-bond donors (Lipinski definition) is 1. The van der Waals surface area contributed by atoms with E-state index in [0.29, 0.717) is 23.0 Å². The highest BCUT2D eigenvalue weighted by molar-refractivity contribution is 7.98. The van der Waals surface area contributed by atoms with Crippen molar-refractivity contribution < 1.29 is 0 Å². The van der Waals surface area contributed by atoms with Gasteiger partial charge in [-0.05, 0) is 19.2 Å². The summed E-state index contributed by atoms with van der Waals surface area (Å²) >= 11 is 1.41. The van der Waals surface area contributed by atoms with Gasteiger partial charge in [0.2, 0.25) is 0 Å². The van der Waals surface area contributed by atoms with Crippen LogP contribution < -0.4 is 5.69 Å². The maximum atomic E-state index is 12.1. The molecule has 114 valence electrons. The zero-order valence-electron chi connectivity index (χ0n) is 12.6. The van der Waals surface area contributed by atoms with E-state index in [1.54, 1.807) is 10.8 Å². The summed E-state index contributed by atoms with van der Waals surface area (Å²) < 4.78 is 3.26. The van der Waals surface area contributed by atoms with Gasteiger partial charge in [-0.1, -0.05) is 6.08 Å². The van der Waals surface area contributed by atoms with Gasteiger partial charge in [0.1, 0.15) is 16.2 Å². The van der Waals surface area contributed by atoms with E-state index >= 15 is 0 Å². The maximum Gasteiger partial charge on any atom is 0.350 e. The second kappa shape index (κ2) is 5.45. The fourth-order valence-electron chi connectivity index (χ4n) is 2.40. The number of allylic oxidation sites excluding steroid dienone is 1. The van der Waals surface area contributed by atoms with Crippen LogP contribution in [0.5, 0.6) is 0 Å². The average molecular weight is 316 g/mol. The molecule has 22 heavy (non-hydrogen) atoms. The fourth-order valence-corrected chi connectivity index (χ4v) is 2.91. The SMILES string of the molecule is C=CCn1c(=O)nc(SC)c2[nH]c(-c3cc(C)nn3C)nc21. The molecule has 8 heteroatoms. The number of imidazole rings is 1. The highest BCUT2D eigenvalue weighted by Crippen LogP contribution is 2.25. The maximum absolute atomic E-state index is 12.1. The molecule has 0 atom stereocenters. The first-order valence-corrected chi connectivity index (χ1v) is 7.94. The smallest absolute Gasteiger partial charge is 0.333 e. The molecule has 0 radical (unpaired) electrons. The van der Waals surface area contributed by atoms with E-state index in [1.165, 1.54) is 16.3 Å². The minimum absolute atomic E-state index is 0.323. The summed E-state index contributed by atoms with van der Waals surface area (Å²) in [7, 11) is 1.86. The van der Waals surface area contributed by atoms with E-state index in [4.69, 9.17) is 0 Å². The van der Waals surface area contributed by atoms with Gasteiger partial charge in [0.15, 0.2) is 11.5 Å². The van der Waals surface area contributed by atoms with E-state index in [1.807, 2.05) is 26.3 Å². The first kappa shape index (κ1) is 14.6. The Kier molecular flexibility index (Phi) is 3.61. The van der Waals surface area contributed by atoms with Crippen LogP contribution in [-0.4, -0.2) is 35.6 Å². The lowest BCUT2D eigenvalue weighted by Gasteiger charge is -2.04. The van der Waals surface area contributed by atoms with Crippen LogP contribution in [0.2, 0.25) is 0 Å². The number of H-pyrrole nitrogens is 1. The normalized spacial score (nSPS) is 11.2. The Morgan fingerprint density at radius 1 is 1.45 bits per heavy atom. The number of aromatic nitrogens is 6. The molecule has 0 spiro atoms. The number of thioether (sulfide) groups is 1. The predicted molar refractivity (Wildman–Crippen MR) is 87.1 cm³/mol. The van der Waals surface area contributed by atoms with Gasteiger partial charge in [0, 0.05) is 13.6 Å². The molecule has 0 saturated heterocycles. The topological polar surface area (TPSA) is 81.4 Å². The Hall–Kier alpha value is -2.35. The lowest BCUT2D eigenvalue weighted by Crippen LogP contribution is -2.23. The molecule has 7 nitrogen and oxygen atoms in total.